The Morgan fingerprint density at radius 3 is 2.76 bits per heavy atom. The normalized spacial score (nSPS) is 17.8. The largest absolute Gasteiger partial charge is 0.349 e. The van der Waals surface area contributed by atoms with E-state index in [0.717, 1.165) is 25.7 Å². The van der Waals surface area contributed by atoms with Crippen LogP contribution in [-0.4, -0.2) is 21.9 Å². The second-order valence-electron chi connectivity index (χ2n) is 5.02. The van der Waals surface area contributed by atoms with Crippen LogP contribution in [0.4, 0.5) is 5.82 Å². The molecule has 1 fully saturated rings. The van der Waals surface area contributed by atoms with Crippen molar-refractivity contribution in [2.24, 2.45) is 0 Å². The van der Waals surface area contributed by atoms with Crippen molar-refractivity contribution < 1.29 is 4.79 Å². The number of rotatable bonds is 4. The fourth-order valence-electron chi connectivity index (χ4n) is 2.06. The van der Waals surface area contributed by atoms with Gasteiger partial charge < -0.3 is 10.6 Å². The molecular formula is C14H14Cl2N4O. The number of nitrogens with one attached hydrogen (secondary N) is 2. The molecule has 0 unspecified atom stereocenters. The average Bonchev–Trinajstić information content (AvgIpc) is 3.27. The Morgan fingerprint density at radius 1 is 1.24 bits per heavy atom. The van der Waals surface area contributed by atoms with E-state index in [4.69, 9.17) is 23.2 Å². The molecule has 0 saturated heterocycles. The number of hydrogen-bond acceptors (Lipinski definition) is 4. The maximum absolute atomic E-state index is 12.2. The zero-order valence-electron chi connectivity index (χ0n) is 11.2. The smallest absolute Gasteiger partial charge is 0.253 e. The van der Waals surface area contributed by atoms with Gasteiger partial charge in [0.2, 0.25) is 5.28 Å². The van der Waals surface area contributed by atoms with Crippen LogP contribution in [0.5, 0.6) is 0 Å². The van der Waals surface area contributed by atoms with Gasteiger partial charge in [-0.2, -0.15) is 4.98 Å². The fourth-order valence-corrected chi connectivity index (χ4v) is 2.33. The molecule has 1 aromatic rings. The van der Waals surface area contributed by atoms with Crippen molar-refractivity contribution in [3.05, 3.63) is 39.9 Å². The van der Waals surface area contributed by atoms with Gasteiger partial charge in [0.25, 0.3) is 5.91 Å². The first-order valence-corrected chi connectivity index (χ1v) is 7.55. The van der Waals surface area contributed by atoms with Crippen LogP contribution in [-0.2, 0) is 4.79 Å². The Kier molecular flexibility index (Phi) is 4.12. The lowest BCUT2D eigenvalue weighted by molar-refractivity contribution is -0.117. The van der Waals surface area contributed by atoms with Crippen molar-refractivity contribution in [2.75, 3.05) is 5.32 Å². The zero-order chi connectivity index (χ0) is 14.8. The number of aromatic nitrogens is 2. The van der Waals surface area contributed by atoms with Crippen LogP contribution in [0.25, 0.3) is 0 Å². The molecule has 0 radical (unpaired) electrons. The topological polar surface area (TPSA) is 66.9 Å². The molecule has 1 heterocycles. The maximum Gasteiger partial charge on any atom is 0.253 e. The highest BCUT2D eigenvalue weighted by Gasteiger charge is 2.26. The van der Waals surface area contributed by atoms with E-state index in [0.29, 0.717) is 28.2 Å². The molecule has 21 heavy (non-hydrogen) atoms. The van der Waals surface area contributed by atoms with Crippen molar-refractivity contribution >= 4 is 34.9 Å². The molecule has 5 nitrogen and oxygen atoms in total. The second kappa shape index (κ2) is 6.03. The summed E-state index contributed by atoms with van der Waals surface area (Å²) in [5.41, 5.74) is 1.33. The van der Waals surface area contributed by atoms with Crippen molar-refractivity contribution in [2.45, 2.75) is 31.7 Å². The molecule has 1 aromatic heterocycles. The average molecular weight is 325 g/mol. The van der Waals surface area contributed by atoms with Gasteiger partial charge in [0, 0.05) is 11.7 Å². The van der Waals surface area contributed by atoms with E-state index >= 15 is 0 Å². The van der Waals surface area contributed by atoms with Crippen molar-refractivity contribution in [3.63, 3.8) is 0 Å². The lowest BCUT2D eigenvalue weighted by Crippen LogP contribution is -2.29. The van der Waals surface area contributed by atoms with Gasteiger partial charge in [-0.1, -0.05) is 23.8 Å². The third-order valence-corrected chi connectivity index (χ3v) is 3.74. The van der Waals surface area contributed by atoms with Gasteiger partial charge in [0.15, 0.2) is 5.82 Å². The monoisotopic (exact) mass is 324 g/mol. The van der Waals surface area contributed by atoms with E-state index in [9.17, 15) is 4.79 Å². The van der Waals surface area contributed by atoms with Crippen molar-refractivity contribution in [3.8, 4) is 0 Å². The van der Waals surface area contributed by atoms with Crippen LogP contribution in [0, 0.1) is 0 Å². The minimum absolute atomic E-state index is 0.0628. The summed E-state index contributed by atoms with van der Waals surface area (Å²) in [6.45, 7) is 0. The van der Waals surface area contributed by atoms with E-state index in [1.165, 1.54) is 6.20 Å². The third kappa shape index (κ3) is 3.54. The number of hydrogen-bond donors (Lipinski definition) is 2. The number of allylic oxidation sites excluding steroid dienone is 2. The molecule has 0 spiro atoms. The van der Waals surface area contributed by atoms with Gasteiger partial charge in [-0.3, -0.25) is 4.79 Å². The van der Waals surface area contributed by atoms with Crippen molar-refractivity contribution in [1.29, 1.82) is 0 Å². The Morgan fingerprint density at radius 2 is 2.00 bits per heavy atom. The van der Waals surface area contributed by atoms with E-state index in [1.807, 2.05) is 12.2 Å². The van der Waals surface area contributed by atoms with Gasteiger partial charge in [-0.25, -0.2) is 4.98 Å². The fraction of sp³-hybridized carbons (Fsp3) is 0.357. The van der Waals surface area contributed by atoms with Gasteiger partial charge in [-0.15, -0.1) is 0 Å². The molecule has 2 aliphatic carbocycles. The Bertz CT molecular complexity index is 638. The molecule has 110 valence electrons. The van der Waals surface area contributed by atoms with Gasteiger partial charge >= 0.3 is 0 Å². The molecular weight excluding hydrogens is 311 g/mol. The first kappa shape index (κ1) is 14.4. The molecule has 0 aromatic carbocycles. The quantitative estimate of drug-likeness (QED) is 0.835. The van der Waals surface area contributed by atoms with Crippen LogP contribution in [0.2, 0.25) is 10.3 Å². The molecule has 3 rings (SSSR count). The van der Waals surface area contributed by atoms with E-state index < -0.39 is 0 Å². The second-order valence-corrected chi connectivity index (χ2v) is 5.77. The highest BCUT2D eigenvalue weighted by Crippen LogP contribution is 2.27. The number of amides is 1. The van der Waals surface area contributed by atoms with E-state index in [2.05, 4.69) is 20.6 Å². The molecule has 1 amide bonds. The highest BCUT2D eigenvalue weighted by atomic mass is 35.5. The summed E-state index contributed by atoms with van der Waals surface area (Å²) in [4.78, 5) is 20.1. The summed E-state index contributed by atoms with van der Waals surface area (Å²) in [5.74, 6) is 0.335. The SMILES string of the molecule is O=C(NC1CC1)C1=CCCC=C1Nc1nc(Cl)ncc1Cl. The highest BCUT2D eigenvalue weighted by molar-refractivity contribution is 6.33. The Labute approximate surface area is 132 Å². The first-order valence-electron chi connectivity index (χ1n) is 6.80. The zero-order valence-corrected chi connectivity index (χ0v) is 12.7. The summed E-state index contributed by atoms with van der Waals surface area (Å²) in [6.07, 6.45) is 9.13. The number of carbonyl (C=O) groups excluding carboxylic acids is 1. The Balaban J connectivity index is 1.78. The molecule has 1 saturated carbocycles. The van der Waals surface area contributed by atoms with Gasteiger partial charge in [-0.05, 0) is 37.3 Å². The van der Waals surface area contributed by atoms with E-state index in [1.54, 1.807) is 0 Å². The summed E-state index contributed by atoms with van der Waals surface area (Å²) < 4.78 is 0. The van der Waals surface area contributed by atoms with Crippen LogP contribution < -0.4 is 10.6 Å². The number of anilines is 1. The molecule has 0 bridgehead atoms. The number of halogens is 2. The number of carbonyl (C=O) groups is 1. The molecule has 0 aliphatic heterocycles. The first-order chi connectivity index (χ1) is 10.1. The summed E-state index contributed by atoms with van der Waals surface area (Å²) in [6, 6.07) is 0.318. The van der Waals surface area contributed by atoms with Crippen LogP contribution in [0.3, 0.4) is 0 Å². The molecule has 2 N–H and O–H groups in total. The number of nitrogens with zero attached hydrogens (tertiary/aromatic N) is 2. The van der Waals surface area contributed by atoms with Gasteiger partial charge in [0.1, 0.15) is 5.02 Å². The molecule has 7 heteroatoms. The van der Waals surface area contributed by atoms with Crippen LogP contribution in [0.1, 0.15) is 25.7 Å². The minimum Gasteiger partial charge on any atom is -0.349 e. The van der Waals surface area contributed by atoms with Crippen molar-refractivity contribution in [1.82, 2.24) is 15.3 Å². The standard InChI is InChI=1S/C14H14Cl2N4O/c15-10-7-17-14(16)20-12(10)19-11-4-2-1-3-9(11)13(21)18-8-5-6-8/h3-4,7-8H,1-2,5-6H2,(H,18,21)(H,17,19,20). The summed E-state index contributed by atoms with van der Waals surface area (Å²) in [7, 11) is 0. The third-order valence-electron chi connectivity index (χ3n) is 3.28. The molecule has 0 atom stereocenters. The summed E-state index contributed by atoms with van der Waals surface area (Å²) in [5, 5.41) is 6.52. The predicted molar refractivity (Wildman–Crippen MR) is 82.2 cm³/mol. The maximum atomic E-state index is 12.2. The van der Waals surface area contributed by atoms with Crippen LogP contribution in [0.15, 0.2) is 29.6 Å². The minimum atomic E-state index is -0.0628. The molecule has 2 aliphatic rings. The van der Waals surface area contributed by atoms with Crippen LogP contribution >= 0.6 is 23.2 Å². The summed E-state index contributed by atoms with van der Waals surface area (Å²) >= 11 is 11.8. The van der Waals surface area contributed by atoms with Gasteiger partial charge in [0.05, 0.1) is 11.8 Å². The Hall–Kier alpha value is -1.59. The lowest BCUT2D eigenvalue weighted by Gasteiger charge is -2.18. The van der Waals surface area contributed by atoms with E-state index in [-0.39, 0.29) is 11.2 Å². The lowest BCUT2D eigenvalue weighted by atomic mass is 10.0. The predicted octanol–water partition coefficient (Wildman–Crippen LogP) is 3.08.